The fourth-order valence-corrected chi connectivity index (χ4v) is 3.07. The smallest absolute Gasteiger partial charge is 0.0705 e. The molecule has 0 spiro atoms. The molecular weight excluding hydrogens is 256 g/mol. The quantitative estimate of drug-likeness (QED) is 0.729. The Kier molecular flexibility index (Phi) is 6.19. The van der Waals surface area contributed by atoms with Gasteiger partial charge < -0.3 is 5.32 Å². The van der Waals surface area contributed by atoms with Gasteiger partial charge in [-0.3, -0.25) is 4.98 Å². The van der Waals surface area contributed by atoms with E-state index in [1.54, 1.807) is 0 Å². The lowest BCUT2D eigenvalue weighted by atomic mass is 9.91. The molecule has 0 saturated heterocycles. The van der Waals surface area contributed by atoms with E-state index in [1.807, 2.05) is 6.20 Å². The number of fused-ring (bicyclic) bond motifs is 1. The summed E-state index contributed by atoms with van der Waals surface area (Å²) in [5, 5.41) is 5.03. The number of para-hydroxylation sites is 1. The molecule has 1 aromatic carbocycles. The molecule has 0 aliphatic rings. The van der Waals surface area contributed by atoms with Crippen LogP contribution in [0.25, 0.3) is 10.9 Å². The summed E-state index contributed by atoms with van der Waals surface area (Å²) >= 11 is 0. The molecule has 0 saturated carbocycles. The Balaban J connectivity index is 2.29. The summed E-state index contributed by atoms with van der Waals surface area (Å²) in [6.07, 6.45) is 6.87. The van der Waals surface area contributed by atoms with Crippen LogP contribution in [0.15, 0.2) is 36.5 Å². The summed E-state index contributed by atoms with van der Waals surface area (Å²) in [5.74, 6) is 0.747. The molecule has 2 unspecified atom stereocenters. The predicted molar refractivity (Wildman–Crippen MR) is 91.5 cm³/mol. The number of hydrogen-bond donors (Lipinski definition) is 1. The molecule has 0 fully saturated rings. The Morgan fingerprint density at radius 3 is 2.67 bits per heavy atom. The highest BCUT2D eigenvalue weighted by Crippen LogP contribution is 2.28. The molecule has 2 heteroatoms. The number of pyridine rings is 1. The molecule has 0 amide bonds. The van der Waals surface area contributed by atoms with E-state index in [0.717, 1.165) is 18.0 Å². The molecule has 1 heterocycles. The molecule has 114 valence electrons. The molecule has 2 aromatic rings. The highest BCUT2D eigenvalue weighted by molar-refractivity contribution is 5.82. The molecule has 0 radical (unpaired) electrons. The Hall–Kier alpha value is -1.41. The lowest BCUT2D eigenvalue weighted by molar-refractivity contribution is 0.391. The molecule has 1 aromatic heterocycles. The van der Waals surface area contributed by atoms with Gasteiger partial charge in [0.2, 0.25) is 0 Å². The van der Waals surface area contributed by atoms with Gasteiger partial charge in [-0.2, -0.15) is 0 Å². The SMILES string of the molecule is CCCNC(CC(C)CCC)c1ccnc2ccccc12. The zero-order valence-electron chi connectivity index (χ0n) is 13.6. The second kappa shape index (κ2) is 8.14. The number of nitrogens with zero attached hydrogens (tertiary/aromatic N) is 1. The van der Waals surface area contributed by atoms with E-state index in [1.165, 1.54) is 36.6 Å². The number of nitrogens with one attached hydrogen (secondary N) is 1. The highest BCUT2D eigenvalue weighted by Gasteiger charge is 2.16. The van der Waals surface area contributed by atoms with Crippen LogP contribution in [0.5, 0.6) is 0 Å². The van der Waals surface area contributed by atoms with Gasteiger partial charge in [-0.25, -0.2) is 0 Å². The molecule has 0 aliphatic carbocycles. The Bertz CT molecular complexity index is 545. The van der Waals surface area contributed by atoms with Gasteiger partial charge in [-0.15, -0.1) is 0 Å². The summed E-state index contributed by atoms with van der Waals surface area (Å²) < 4.78 is 0. The van der Waals surface area contributed by atoms with Gasteiger partial charge >= 0.3 is 0 Å². The molecular formula is C19H28N2. The fraction of sp³-hybridized carbons (Fsp3) is 0.526. The van der Waals surface area contributed by atoms with Crippen molar-refractivity contribution in [2.75, 3.05) is 6.54 Å². The van der Waals surface area contributed by atoms with Crippen molar-refractivity contribution in [2.45, 2.75) is 52.5 Å². The standard InChI is InChI=1S/C19H28N2/c1-4-8-15(3)14-19(20-12-5-2)17-11-13-21-18-10-7-6-9-16(17)18/h6-7,9-11,13,15,19-20H,4-5,8,12,14H2,1-3H3. The summed E-state index contributed by atoms with van der Waals surface area (Å²) in [5.41, 5.74) is 2.50. The maximum atomic E-state index is 4.49. The minimum Gasteiger partial charge on any atom is -0.310 e. The van der Waals surface area contributed by atoms with Crippen LogP contribution in [0.3, 0.4) is 0 Å². The Labute approximate surface area is 129 Å². The summed E-state index contributed by atoms with van der Waals surface area (Å²) in [6, 6.07) is 11.1. The van der Waals surface area contributed by atoms with Gasteiger partial charge in [0.1, 0.15) is 0 Å². The second-order valence-corrected chi connectivity index (χ2v) is 6.05. The minimum atomic E-state index is 0.430. The number of aromatic nitrogens is 1. The first-order valence-electron chi connectivity index (χ1n) is 8.33. The van der Waals surface area contributed by atoms with Gasteiger partial charge in [0.25, 0.3) is 0 Å². The van der Waals surface area contributed by atoms with Crippen molar-refractivity contribution >= 4 is 10.9 Å². The fourth-order valence-electron chi connectivity index (χ4n) is 3.07. The van der Waals surface area contributed by atoms with E-state index in [-0.39, 0.29) is 0 Å². The summed E-state index contributed by atoms with van der Waals surface area (Å²) in [6.45, 7) is 7.94. The van der Waals surface area contributed by atoms with Gasteiger partial charge in [0.05, 0.1) is 5.52 Å². The number of rotatable bonds is 8. The van der Waals surface area contributed by atoms with E-state index in [4.69, 9.17) is 0 Å². The Morgan fingerprint density at radius 2 is 1.90 bits per heavy atom. The van der Waals surface area contributed by atoms with Crippen molar-refractivity contribution in [3.8, 4) is 0 Å². The molecule has 2 nitrogen and oxygen atoms in total. The van der Waals surface area contributed by atoms with E-state index < -0.39 is 0 Å². The molecule has 0 aliphatic heterocycles. The van der Waals surface area contributed by atoms with E-state index in [9.17, 15) is 0 Å². The van der Waals surface area contributed by atoms with E-state index in [2.05, 4.69) is 61.4 Å². The van der Waals surface area contributed by atoms with Crippen LogP contribution in [0.1, 0.15) is 58.1 Å². The highest BCUT2D eigenvalue weighted by atomic mass is 14.9. The van der Waals surface area contributed by atoms with Crippen molar-refractivity contribution in [1.82, 2.24) is 10.3 Å². The van der Waals surface area contributed by atoms with Crippen LogP contribution in [0.4, 0.5) is 0 Å². The zero-order valence-corrected chi connectivity index (χ0v) is 13.6. The summed E-state index contributed by atoms with van der Waals surface area (Å²) in [4.78, 5) is 4.49. The molecule has 2 rings (SSSR count). The van der Waals surface area contributed by atoms with Crippen LogP contribution in [-0.4, -0.2) is 11.5 Å². The maximum Gasteiger partial charge on any atom is 0.0705 e. The van der Waals surface area contributed by atoms with Crippen LogP contribution in [0.2, 0.25) is 0 Å². The van der Waals surface area contributed by atoms with Crippen molar-refractivity contribution in [3.05, 3.63) is 42.1 Å². The van der Waals surface area contributed by atoms with Crippen LogP contribution < -0.4 is 5.32 Å². The first-order valence-corrected chi connectivity index (χ1v) is 8.33. The topological polar surface area (TPSA) is 24.9 Å². The maximum absolute atomic E-state index is 4.49. The normalized spacial score (nSPS) is 14.2. The van der Waals surface area contributed by atoms with Crippen LogP contribution in [0, 0.1) is 5.92 Å². The van der Waals surface area contributed by atoms with E-state index in [0.29, 0.717) is 6.04 Å². The third-order valence-corrected chi connectivity index (χ3v) is 4.12. The summed E-state index contributed by atoms with van der Waals surface area (Å²) in [7, 11) is 0. The van der Waals surface area contributed by atoms with Gasteiger partial charge in [-0.1, -0.05) is 51.8 Å². The van der Waals surface area contributed by atoms with Crippen LogP contribution >= 0.6 is 0 Å². The van der Waals surface area contributed by atoms with Gasteiger partial charge in [-0.05, 0) is 43.0 Å². The lowest BCUT2D eigenvalue weighted by Crippen LogP contribution is -2.24. The first kappa shape index (κ1) is 16.0. The number of hydrogen-bond acceptors (Lipinski definition) is 2. The average Bonchev–Trinajstić information content (AvgIpc) is 2.51. The van der Waals surface area contributed by atoms with Crippen LogP contribution in [-0.2, 0) is 0 Å². The number of benzene rings is 1. The average molecular weight is 284 g/mol. The Morgan fingerprint density at radius 1 is 1.10 bits per heavy atom. The predicted octanol–water partition coefficient (Wildman–Crippen LogP) is 5.10. The van der Waals surface area contributed by atoms with Crippen molar-refractivity contribution in [1.29, 1.82) is 0 Å². The van der Waals surface area contributed by atoms with Crippen molar-refractivity contribution in [3.63, 3.8) is 0 Å². The van der Waals surface area contributed by atoms with E-state index >= 15 is 0 Å². The lowest BCUT2D eigenvalue weighted by Gasteiger charge is -2.23. The minimum absolute atomic E-state index is 0.430. The third-order valence-electron chi connectivity index (χ3n) is 4.12. The van der Waals surface area contributed by atoms with Crippen molar-refractivity contribution in [2.24, 2.45) is 5.92 Å². The molecule has 2 atom stereocenters. The van der Waals surface area contributed by atoms with Gasteiger partial charge in [0, 0.05) is 17.6 Å². The first-order chi connectivity index (χ1) is 10.3. The zero-order chi connectivity index (χ0) is 15.1. The molecule has 0 bridgehead atoms. The van der Waals surface area contributed by atoms with Gasteiger partial charge in [0.15, 0.2) is 0 Å². The molecule has 21 heavy (non-hydrogen) atoms. The third kappa shape index (κ3) is 4.28. The second-order valence-electron chi connectivity index (χ2n) is 6.05. The largest absolute Gasteiger partial charge is 0.310 e. The monoisotopic (exact) mass is 284 g/mol. The molecule has 1 N–H and O–H groups in total. The van der Waals surface area contributed by atoms with Crippen molar-refractivity contribution < 1.29 is 0 Å².